The van der Waals surface area contributed by atoms with Crippen LogP contribution in [-0.2, 0) is 0 Å². The van der Waals surface area contributed by atoms with Gasteiger partial charge in [0.1, 0.15) is 5.84 Å². The van der Waals surface area contributed by atoms with Crippen LogP contribution >= 0.6 is 11.3 Å². The van der Waals surface area contributed by atoms with Crippen molar-refractivity contribution in [1.29, 1.82) is 0 Å². The monoisotopic (exact) mass is 357 g/mol. The maximum atomic E-state index is 4.80. The van der Waals surface area contributed by atoms with Gasteiger partial charge in [0.2, 0.25) is 0 Å². The van der Waals surface area contributed by atoms with Crippen molar-refractivity contribution >= 4 is 32.5 Å². The number of rotatable bonds is 11. The number of benzene rings is 1. The van der Waals surface area contributed by atoms with Crippen molar-refractivity contribution in [3.8, 4) is 0 Å². The summed E-state index contributed by atoms with van der Waals surface area (Å²) in [4.78, 5) is 11.9. The highest BCUT2D eigenvalue weighted by Crippen LogP contribution is 2.30. The predicted octanol–water partition coefficient (Wildman–Crippen LogP) is 6.44. The molecular weight excluding hydrogens is 326 g/mol. The summed E-state index contributed by atoms with van der Waals surface area (Å²) < 4.78 is 1.27. The van der Waals surface area contributed by atoms with Crippen LogP contribution in [0.2, 0.25) is 0 Å². The summed E-state index contributed by atoms with van der Waals surface area (Å²) in [5.41, 5.74) is 1.11. The Bertz CT molecular complexity index is 644. The van der Waals surface area contributed by atoms with E-state index in [-0.39, 0.29) is 0 Å². The fourth-order valence-electron chi connectivity index (χ4n) is 3.48. The van der Waals surface area contributed by atoms with Gasteiger partial charge >= 0.3 is 0 Å². The van der Waals surface area contributed by atoms with Crippen molar-refractivity contribution in [1.82, 2.24) is 4.98 Å². The molecule has 0 spiro atoms. The van der Waals surface area contributed by atoms with Gasteiger partial charge in [-0.1, -0.05) is 81.8 Å². The second kappa shape index (κ2) is 9.91. The summed E-state index contributed by atoms with van der Waals surface area (Å²) >= 11 is 1.79. The summed E-state index contributed by atoms with van der Waals surface area (Å²) in [5.74, 6) is 1.25. The van der Waals surface area contributed by atoms with Crippen LogP contribution in [0, 0.1) is 0 Å². The molecule has 1 aliphatic heterocycles. The number of aromatic nitrogens is 1. The summed E-state index contributed by atoms with van der Waals surface area (Å²) in [7, 11) is 0. The van der Waals surface area contributed by atoms with Crippen molar-refractivity contribution < 1.29 is 0 Å². The summed E-state index contributed by atoms with van der Waals surface area (Å²) in [6.07, 6.45) is 13.5. The molecule has 2 aromatic rings. The molecule has 2 heterocycles. The van der Waals surface area contributed by atoms with Gasteiger partial charge < -0.3 is 4.90 Å². The Morgan fingerprint density at radius 2 is 1.68 bits per heavy atom. The lowest BCUT2D eigenvalue weighted by Crippen LogP contribution is -2.27. The zero-order chi connectivity index (χ0) is 17.3. The minimum absolute atomic E-state index is 0.919. The number of nitrogens with zero attached hydrogens (tertiary/aromatic N) is 3. The van der Waals surface area contributed by atoms with Gasteiger partial charge in [0.05, 0.1) is 16.8 Å². The average molecular weight is 358 g/mol. The van der Waals surface area contributed by atoms with Gasteiger partial charge in [-0.05, 0) is 18.6 Å². The predicted molar refractivity (Wildman–Crippen MR) is 111 cm³/mol. The number of hydrogen-bond donors (Lipinski definition) is 0. The molecular formula is C21H31N3S. The van der Waals surface area contributed by atoms with E-state index >= 15 is 0 Å². The Morgan fingerprint density at radius 3 is 2.44 bits per heavy atom. The van der Waals surface area contributed by atoms with E-state index in [9.17, 15) is 0 Å². The highest BCUT2D eigenvalue weighted by Gasteiger charge is 2.21. The molecule has 1 aromatic heterocycles. The highest BCUT2D eigenvalue weighted by atomic mass is 32.1. The average Bonchev–Trinajstić information content (AvgIpc) is 3.26. The number of hydrogen-bond acceptors (Lipinski definition) is 4. The topological polar surface area (TPSA) is 28.5 Å². The zero-order valence-electron chi connectivity index (χ0n) is 15.5. The first-order valence-electron chi connectivity index (χ1n) is 10.0. The van der Waals surface area contributed by atoms with Gasteiger partial charge in [-0.2, -0.15) is 0 Å². The Balaban J connectivity index is 1.39. The number of aliphatic imine (C=N–C) groups is 1. The molecule has 25 heavy (non-hydrogen) atoms. The molecule has 136 valence electrons. The lowest BCUT2D eigenvalue weighted by Gasteiger charge is -2.16. The molecule has 3 rings (SSSR count). The number of amidine groups is 1. The fraction of sp³-hybridized carbons (Fsp3) is 0.619. The molecule has 0 fully saturated rings. The maximum Gasteiger partial charge on any atom is 0.191 e. The van der Waals surface area contributed by atoms with E-state index < -0.39 is 0 Å². The SMILES string of the molecule is CCCCCCCCCCCC1=NCCN1c1nc2ccccc2s1. The number of anilines is 1. The molecule has 1 aromatic carbocycles. The van der Waals surface area contributed by atoms with E-state index in [0.717, 1.165) is 30.2 Å². The van der Waals surface area contributed by atoms with Gasteiger partial charge in [-0.25, -0.2) is 4.98 Å². The largest absolute Gasteiger partial charge is 0.304 e. The highest BCUT2D eigenvalue weighted by molar-refractivity contribution is 7.22. The molecule has 0 bridgehead atoms. The second-order valence-electron chi connectivity index (χ2n) is 6.99. The molecule has 1 aliphatic rings. The van der Waals surface area contributed by atoms with Crippen LogP contribution in [0.25, 0.3) is 10.2 Å². The van der Waals surface area contributed by atoms with Crippen LogP contribution in [0.3, 0.4) is 0 Å². The Labute approximate surface area is 156 Å². The van der Waals surface area contributed by atoms with Crippen molar-refractivity contribution in [3.05, 3.63) is 24.3 Å². The van der Waals surface area contributed by atoms with Crippen molar-refractivity contribution in [2.75, 3.05) is 18.0 Å². The smallest absolute Gasteiger partial charge is 0.191 e. The van der Waals surface area contributed by atoms with Crippen LogP contribution in [-0.4, -0.2) is 23.9 Å². The molecule has 0 amide bonds. The Kier molecular flexibility index (Phi) is 7.28. The number of para-hydroxylation sites is 1. The molecule has 4 heteroatoms. The van der Waals surface area contributed by atoms with E-state index in [1.54, 1.807) is 11.3 Å². The Morgan fingerprint density at radius 1 is 0.960 bits per heavy atom. The molecule has 0 saturated carbocycles. The molecule has 0 saturated heterocycles. The lowest BCUT2D eigenvalue weighted by molar-refractivity contribution is 0.568. The van der Waals surface area contributed by atoms with E-state index in [0.29, 0.717) is 0 Å². The van der Waals surface area contributed by atoms with Gasteiger partial charge in [-0.3, -0.25) is 4.99 Å². The van der Waals surface area contributed by atoms with Crippen LogP contribution in [0.15, 0.2) is 29.3 Å². The minimum Gasteiger partial charge on any atom is -0.304 e. The molecule has 0 unspecified atom stereocenters. The first kappa shape index (κ1) is 18.4. The zero-order valence-corrected chi connectivity index (χ0v) is 16.4. The van der Waals surface area contributed by atoms with Crippen molar-refractivity contribution in [2.24, 2.45) is 4.99 Å². The van der Waals surface area contributed by atoms with Gasteiger partial charge in [0, 0.05) is 13.0 Å². The van der Waals surface area contributed by atoms with E-state index in [1.807, 2.05) is 0 Å². The fourth-order valence-corrected chi connectivity index (χ4v) is 4.50. The summed E-state index contributed by atoms with van der Waals surface area (Å²) in [6, 6.07) is 8.41. The third kappa shape index (κ3) is 5.27. The summed E-state index contributed by atoms with van der Waals surface area (Å²) in [5, 5.41) is 1.12. The molecule has 0 atom stereocenters. The van der Waals surface area contributed by atoms with Gasteiger partial charge in [-0.15, -0.1) is 0 Å². The van der Waals surface area contributed by atoms with E-state index in [1.165, 1.54) is 68.3 Å². The number of thiazole rings is 1. The van der Waals surface area contributed by atoms with Crippen molar-refractivity contribution in [3.63, 3.8) is 0 Å². The lowest BCUT2D eigenvalue weighted by atomic mass is 10.1. The molecule has 3 nitrogen and oxygen atoms in total. The van der Waals surface area contributed by atoms with Gasteiger partial charge in [0.15, 0.2) is 5.13 Å². The van der Waals surface area contributed by atoms with Crippen LogP contribution in [0.4, 0.5) is 5.13 Å². The Hall–Kier alpha value is -1.42. The van der Waals surface area contributed by atoms with Crippen molar-refractivity contribution in [2.45, 2.75) is 71.1 Å². The number of fused-ring (bicyclic) bond motifs is 1. The first-order valence-corrected chi connectivity index (χ1v) is 10.9. The maximum absolute atomic E-state index is 4.80. The van der Waals surface area contributed by atoms with Gasteiger partial charge in [0.25, 0.3) is 0 Å². The van der Waals surface area contributed by atoms with Crippen LogP contribution in [0.5, 0.6) is 0 Å². The van der Waals surface area contributed by atoms with E-state index in [4.69, 9.17) is 9.98 Å². The molecule has 0 N–H and O–H groups in total. The standard InChI is InChI=1S/C21H31N3S/c1-2-3-4-5-6-7-8-9-10-15-20-22-16-17-24(20)21-23-18-13-11-12-14-19(18)25-21/h11-14H,2-10,15-17H2,1H3. The third-order valence-electron chi connectivity index (χ3n) is 4.95. The quantitative estimate of drug-likeness (QED) is 0.433. The summed E-state index contributed by atoms with van der Waals surface area (Å²) in [6.45, 7) is 4.19. The minimum atomic E-state index is 0.919. The number of unbranched alkanes of at least 4 members (excludes halogenated alkanes) is 8. The molecule has 0 aliphatic carbocycles. The van der Waals surface area contributed by atoms with Crippen LogP contribution < -0.4 is 4.90 Å². The first-order chi connectivity index (χ1) is 12.4. The van der Waals surface area contributed by atoms with E-state index in [2.05, 4.69) is 36.1 Å². The normalized spacial score (nSPS) is 14.4. The van der Waals surface area contributed by atoms with Crippen LogP contribution in [0.1, 0.15) is 71.1 Å². The second-order valence-corrected chi connectivity index (χ2v) is 8.00. The third-order valence-corrected chi connectivity index (χ3v) is 6.01. The molecule has 0 radical (unpaired) electrons.